The summed E-state index contributed by atoms with van der Waals surface area (Å²) in [7, 11) is -1.26. The summed E-state index contributed by atoms with van der Waals surface area (Å²) in [5.41, 5.74) is 7.26. The number of rotatable bonds is 2. The lowest BCUT2D eigenvalue weighted by Gasteiger charge is -2.12. The maximum Gasteiger partial charge on any atom is 0.157 e. The van der Waals surface area contributed by atoms with Crippen molar-refractivity contribution in [1.82, 2.24) is 8.96 Å². The quantitative estimate of drug-likeness (QED) is 0.712. The van der Waals surface area contributed by atoms with Crippen LogP contribution in [0.2, 0.25) is 0 Å². The first-order chi connectivity index (χ1) is 10.4. The van der Waals surface area contributed by atoms with E-state index in [-0.39, 0.29) is 0 Å². The molecule has 0 bridgehead atoms. The molecule has 22 heavy (non-hydrogen) atoms. The van der Waals surface area contributed by atoms with Crippen LogP contribution in [0.3, 0.4) is 0 Å². The molecule has 1 aromatic carbocycles. The number of fused-ring (bicyclic) bond motifs is 1. The van der Waals surface area contributed by atoms with Crippen LogP contribution in [0.1, 0.15) is 27.9 Å². The molecule has 0 spiro atoms. The van der Waals surface area contributed by atoms with Crippen LogP contribution in [0.25, 0.3) is 11.0 Å². The van der Waals surface area contributed by atoms with E-state index < -0.39 is 11.0 Å². The normalized spacial score (nSPS) is 12.8. The van der Waals surface area contributed by atoms with Crippen molar-refractivity contribution in [3.8, 4) is 0 Å². The Balaban J connectivity index is 2.20. The fourth-order valence-electron chi connectivity index (χ4n) is 2.91. The molecule has 0 aliphatic carbocycles. The molecular weight excluding hydrogens is 292 g/mol. The lowest BCUT2D eigenvalue weighted by Crippen LogP contribution is -2.08. The largest absolute Gasteiger partial charge is 0.261 e. The van der Waals surface area contributed by atoms with Gasteiger partial charge in [0.1, 0.15) is 0 Å². The number of aromatic nitrogens is 2. The molecule has 3 nitrogen and oxygen atoms in total. The first kappa shape index (κ1) is 15.0. The molecule has 4 heteroatoms. The Bertz CT molecular complexity index is 886. The summed E-state index contributed by atoms with van der Waals surface area (Å²) < 4.78 is 14.9. The molecular formula is C18H20N2OS. The fourth-order valence-corrected chi connectivity index (χ4v) is 4.27. The van der Waals surface area contributed by atoms with E-state index in [1.54, 1.807) is 0 Å². The third kappa shape index (κ3) is 2.37. The topological polar surface area (TPSA) is 34.9 Å². The standard InChI is InChI=1S/C18H20N2OS/c1-11-8-13(3)18(14(4)9-11)22(21)20-7-6-16-17(20)10-12(2)15(5)19-16/h6-10H,1-5H3. The van der Waals surface area contributed by atoms with Crippen molar-refractivity contribution in [3.05, 3.63) is 58.4 Å². The Labute approximate surface area is 133 Å². The van der Waals surface area contributed by atoms with Crippen molar-refractivity contribution in [3.63, 3.8) is 0 Å². The zero-order valence-corrected chi connectivity index (χ0v) is 14.4. The Hall–Kier alpha value is -1.94. The molecule has 0 aliphatic rings. The zero-order valence-electron chi connectivity index (χ0n) is 13.6. The van der Waals surface area contributed by atoms with E-state index in [0.717, 1.165) is 38.3 Å². The number of benzene rings is 1. The highest BCUT2D eigenvalue weighted by atomic mass is 32.2. The summed E-state index contributed by atoms with van der Waals surface area (Å²) in [6, 6.07) is 8.16. The van der Waals surface area contributed by atoms with Gasteiger partial charge in [0.2, 0.25) is 0 Å². The minimum Gasteiger partial charge on any atom is -0.261 e. The molecule has 1 unspecified atom stereocenters. The van der Waals surface area contributed by atoms with E-state index in [2.05, 4.69) is 30.1 Å². The van der Waals surface area contributed by atoms with Gasteiger partial charge in [-0.15, -0.1) is 0 Å². The molecule has 0 fully saturated rings. The summed E-state index contributed by atoms with van der Waals surface area (Å²) >= 11 is 0. The lowest BCUT2D eigenvalue weighted by molar-refractivity contribution is 0.677. The Morgan fingerprint density at radius 2 is 1.59 bits per heavy atom. The molecule has 2 heterocycles. The van der Waals surface area contributed by atoms with Gasteiger partial charge in [0, 0.05) is 11.9 Å². The molecule has 0 aliphatic heterocycles. The van der Waals surface area contributed by atoms with Gasteiger partial charge in [-0.3, -0.25) is 8.96 Å². The Kier molecular flexibility index (Phi) is 3.65. The number of nitrogens with zero attached hydrogens (tertiary/aromatic N) is 2. The smallest absolute Gasteiger partial charge is 0.157 e. The average molecular weight is 312 g/mol. The van der Waals surface area contributed by atoms with Crippen LogP contribution in [-0.2, 0) is 11.0 Å². The van der Waals surface area contributed by atoms with Crippen molar-refractivity contribution in [1.29, 1.82) is 0 Å². The molecule has 0 saturated heterocycles. The summed E-state index contributed by atoms with van der Waals surface area (Å²) in [5.74, 6) is 0. The van der Waals surface area contributed by atoms with Crippen LogP contribution in [-0.4, -0.2) is 13.2 Å². The first-order valence-corrected chi connectivity index (χ1v) is 8.44. The van der Waals surface area contributed by atoms with Gasteiger partial charge in [-0.1, -0.05) is 17.7 Å². The van der Waals surface area contributed by atoms with Gasteiger partial charge in [-0.05, 0) is 63.4 Å². The zero-order chi connectivity index (χ0) is 16.0. The second-order valence-electron chi connectivity index (χ2n) is 5.91. The van der Waals surface area contributed by atoms with Crippen LogP contribution in [0.15, 0.2) is 35.4 Å². The molecule has 3 rings (SSSR count). The third-order valence-electron chi connectivity index (χ3n) is 4.04. The number of pyridine rings is 1. The second kappa shape index (κ2) is 5.36. The van der Waals surface area contributed by atoms with Crippen LogP contribution in [0.4, 0.5) is 0 Å². The highest BCUT2D eigenvalue weighted by Gasteiger charge is 2.16. The summed E-state index contributed by atoms with van der Waals surface area (Å²) in [6.45, 7) is 10.1. The summed E-state index contributed by atoms with van der Waals surface area (Å²) in [5, 5.41) is 0. The van der Waals surface area contributed by atoms with Gasteiger partial charge in [-0.2, -0.15) is 0 Å². The van der Waals surface area contributed by atoms with Gasteiger partial charge < -0.3 is 0 Å². The molecule has 0 radical (unpaired) electrons. The molecule has 0 saturated carbocycles. The van der Waals surface area contributed by atoms with Gasteiger partial charge in [0.25, 0.3) is 0 Å². The van der Waals surface area contributed by atoms with Gasteiger partial charge in [0.05, 0.1) is 15.9 Å². The van der Waals surface area contributed by atoms with E-state index in [4.69, 9.17) is 0 Å². The maximum absolute atomic E-state index is 13.1. The van der Waals surface area contributed by atoms with E-state index in [1.807, 2.05) is 43.9 Å². The Morgan fingerprint density at radius 1 is 0.955 bits per heavy atom. The van der Waals surface area contributed by atoms with Crippen LogP contribution < -0.4 is 0 Å². The van der Waals surface area contributed by atoms with Crippen LogP contribution in [0, 0.1) is 34.6 Å². The van der Waals surface area contributed by atoms with Crippen molar-refractivity contribution in [2.24, 2.45) is 0 Å². The molecule has 114 valence electrons. The summed E-state index contributed by atoms with van der Waals surface area (Å²) in [6.07, 6.45) is 1.87. The third-order valence-corrected chi connectivity index (χ3v) is 5.71. The van der Waals surface area contributed by atoms with Crippen molar-refractivity contribution in [2.75, 3.05) is 0 Å². The maximum atomic E-state index is 13.1. The predicted octanol–water partition coefficient (Wildman–Crippen LogP) is 4.15. The molecule has 0 amide bonds. The van der Waals surface area contributed by atoms with Crippen LogP contribution in [0.5, 0.6) is 0 Å². The fraction of sp³-hybridized carbons (Fsp3) is 0.278. The SMILES string of the molecule is Cc1cc(C)c(S(=O)n2ccc3nc(C)c(C)cc32)c(C)c1. The Morgan fingerprint density at radius 3 is 2.23 bits per heavy atom. The van der Waals surface area contributed by atoms with Crippen molar-refractivity contribution >= 4 is 22.0 Å². The van der Waals surface area contributed by atoms with E-state index in [0.29, 0.717) is 0 Å². The monoisotopic (exact) mass is 312 g/mol. The molecule has 2 aromatic heterocycles. The highest BCUT2D eigenvalue weighted by Crippen LogP contribution is 2.25. The highest BCUT2D eigenvalue weighted by molar-refractivity contribution is 7.83. The molecule has 0 N–H and O–H groups in total. The molecule has 1 atom stereocenters. The predicted molar refractivity (Wildman–Crippen MR) is 91.7 cm³/mol. The van der Waals surface area contributed by atoms with Crippen LogP contribution >= 0.6 is 0 Å². The van der Waals surface area contributed by atoms with E-state index >= 15 is 0 Å². The first-order valence-electron chi connectivity index (χ1n) is 7.34. The van der Waals surface area contributed by atoms with Gasteiger partial charge >= 0.3 is 0 Å². The minimum absolute atomic E-state index is 0.888. The number of hydrogen-bond donors (Lipinski definition) is 0. The van der Waals surface area contributed by atoms with E-state index in [1.165, 1.54) is 5.56 Å². The van der Waals surface area contributed by atoms with Crippen molar-refractivity contribution in [2.45, 2.75) is 39.5 Å². The average Bonchev–Trinajstić information content (AvgIpc) is 2.80. The van der Waals surface area contributed by atoms with Gasteiger partial charge in [0.15, 0.2) is 11.0 Å². The number of aryl methyl sites for hydroxylation is 5. The summed E-state index contributed by atoms with van der Waals surface area (Å²) in [4.78, 5) is 5.47. The second-order valence-corrected chi connectivity index (χ2v) is 7.21. The lowest BCUT2D eigenvalue weighted by atomic mass is 10.1. The van der Waals surface area contributed by atoms with Gasteiger partial charge in [-0.25, -0.2) is 4.21 Å². The van der Waals surface area contributed by atoms with Crippen molar-refractivity contribution < 1.29 is 4.21 Å². The minimum atomic E-state index is -1.26. The van der Waals surface area contributed by atoms with E-state index in [9.17, 15) is 4.21 Å². The molecule has 3 aromatic rings. The number of hydrogen-bond acceptors (Lipinski definition) is 2.